The van der Waals surface area contributed by atoms with E-state index in [4.69, 9.17) is 9.47 Å². The first-order valence-electron chi connectivity index (χ1n) is 5.85. The van der Waals surface area contributed by atoms with E-state index in [1.807, 2.05) is 18.2 Å². The van der Waals surface area contributed by atoms with Crippen LogP contribution in [0.4, 0.5) is 0 Å². The molecule has 2 unspecified atom stereocenters. The van der Waals surface area contributed by atoms with E-state index >= 15 is 0 Å². The number of fused-ring (bicyclic) bond motifs is 1. The van der Waals surface area contributed by atoms with Crippen molar-refractivity contribution in [2.24, 2.45) is 5.92 Å². The van der Waals surface area contributed by atoms with Crippen LogP contribution in [0.5, 0.6) is 5.75 Å². The number of methoxy groups -OCH3 is 2. The van der Waals surface area contributed by atoms with Gasteiger partial charge in [-0.1, -0.05) is 6.07 Å². The molecule has 0 spiro atoms. The van der Waals surface area contributed by atoms with Crippen LogP contribution in [-0.4, -0.2) is 20.2 Å². The smallest absolute Gasteiger partial charge is 0.310 e. The minimum Gasteiger partial charge on any atom is -0.497 e. The third-order valence-electron chi connectivity index (χ3n) is 3.46. The van der Waals surface area contributed by atoms with E-state index < -0.39 is 5.92 Å². The summed E-state index contributed by atoms with van der Waals surface area (Å²) in [7, 11) is 2.95. The normalized spacial score (nSPS) is 21.6. The highest BCUT2D eigenvalue weighted by Gasteiger charge is 2.35. The molecular weight excluding hydrogens is 230 g/mol. The maximum atomic E-state index is 11.7. The van der Waals surface area contributed by atoms with E-state index in [2.05, 4.69) is 6.07 Å². The van der Waals surface area contributed by atoms with Gasteiger partial charge in [-0.15, -0.1) is 0 Å². The minimum atomic E-state index is -0.448. The van der Waals surface area contributed by atoms with Crippen molar-refractivity contribution < 1.29 is 14.3 Å². The second kappa shape index (κ2) is 5.09. The minimum absolute atomic E-state index is 0.310. The first-order valence-corrected chi connectivity index (χ1v) is 5.85. The van der Waals surface area contributed by atoms with Gasteiger partial charge >= 0.3 is 5.97 Å². The number of hydrogen-bond donors (Lipinski definition) is 0. The standard InChI is InChI=1S/C14H15NO3/c1-17-10-5-3-9-4-6-11(14(16)18-2)13(8-15)12(9)7-10/h3,5,7,11,13H,4,6H2,1-2H3. The van der Waals surface area contributed by atoms with Crippen molar-refractivity contribution in [3.63, 3.8) is 0 Å². The number of rotatable bonds is 2. The number of aryl methyl sites for hydroxylation is 1. The highest BCUT2D eigenvalue weighted by Crippen LogP contribution is 2.38. The summed E-state index contributed by atoms with van der Waals surface area (Å²) in [4.78, 5) is 11.7. The molecule has 0 amide bonds. The Bertz CT molecular complexity index is 504. The maximum Gasteiger partial charge on any atom is 0.310 e. The molecule has 18 heavy (non-hydrogen) atoms. The van der Waals surface area contributed by atoms with Crippen LogP contribution >= 0.6 is 0 Å². The molecule has 2 atom stereocenters. The summed E-state index contributed by atoms with van der Waals surface area (Å²) in [5.41, 5.74) is 2.00. The van der Waals surface area contributed by atoms with Crippen LogP contribution in [0.2, 0.25) is 0 Å². The molecular formula is C14H15NO3. The molecule has 0 aromatic heterocycles. The monoisotopic (exact) mass is 245 g/mol. The van der Waals surface area contributed by atoms with E-state index in [1.54, 1.807) is 7.11 Å². The van der Waals surface area contributed by atoms with Crippen LogP contribution in [0.15, 0.2) is 18.2 Å². The van der Waals surface area contributed by atoms with Gasteiger partial charge in [0.15, 0.2) is 0 Å². The molecule has 0 heterocycles. The summed E-state index contributed by atoms with van der Waals surface area (Å²) in [6, 6.07) is 7.91. The number of hydrogen-bond acceptors (Lipinski definition) is 4. The molecule has 0 bridgehead atoms. The highest BCUT2D eigenvalue weighted by atomic mass is 16.5. The third-order valence-corrected chi connectivity index (χ3v) is 3.46. The molecule has 1 aliphatic carbocycles. The maximum absolute atomic E-state index is 11.7. The van der Waals surface area contributed by atoms with Gasteiger partial charge in [0.05, 0.1) is 32.1 Å². The number of ether oxygens (including phenoxy) is 2. The fourth-order valence-electron chi connectivity index (χ4n) is 2.48. The predicted octanol–water partition coefficient (Wildman–Crippen LogP) is 2.04. The molecule has 0 fully saturated rings. The number of esters is 1. The zero-order chi connectivity index (χ0) is 13.1. The van der Waals surface area contributed by atoms with Crippen LogP contribution in [0, 0.1) is 17.2 Å². The lowest BCUT2D eigenvalue weighted by Crippen LogP contribution is -2.27. The van der Waals surface area contributed by atoms with E-state index in [0.717, 1.165) is 17.5 Å². The number of nitrogens with zero attached hydrogens (tertiary/aromatic N) is 1. The number of carbonyl (C=O) groups excluding carboxylic acids is 1. The quantitative estimate of drug-likeness (QED) is 0.748. The Labute approximate surface area is 106 Å². The Hall–Kier alpha value is -2.02. The molecule has 1 aromatic rings. The van der Waals surface area contributed by atoms with Gasteiger partial charge < -0.3 is 9.47 Å². The van der Waals surface area contributed by atoms with E-state index in [9.17, 15) is 10.1 Å². The fourth-order valence-corrected chi connectivity index (χ4v) is 2.48. The lowest BCUT2D eigenvalue weighted by atomic mass is 9.75. The summed E-state index contributed by atoms with van der Waals surface area (Å²) >= 11 is 0. The Balaban J connectivity index is 2.42. The first-order chi connectivity index (χ1) is 8.71. The van der Waals surface area contributed by atoms with Crippen molar-refractivity contribution in [3.8, 4) is 11.8 Å². The molecule has 1 aromatic carbocycles. The van der Waals surface area contributed by atoms with E-state index in [1.165, 1.54) is 7.11 Å². The van der Waals surface area contributed by atoms with Gasteiger partial charge in [0.1, 0.15) is 5.75 Å². The summed E-state index contributed by atoms with van der Waals surface area (Å²) in [6.07, 6.45) is 1.45. The third kappa shape index (κ3) is 2.04. The Morgan fingerprint density at radius 3 is 2.83 bits per heavy atom. The van der Waals surface area contributed by atoms with Gasteiger partial charge in [-0.2, -0.15) is 5.26 Å². The second-order valence-corrected chi connectivity index (χ2v) is 4.34. The van der Waals surface area contributed by atoms with E-state index in [-0.39, 0.29) is 11.9 Å². The lowest BCUT2D eigenvalue weighted by molar-refractivity contribution is -0.146. The molecule has 0 saturated heterocycles. The number of benzene rings is 1. The van der Waals surface area contributed by atoms with Crippen molar-refractivity contribution in [2.75, 3.05) is 14.2 Å². The molecule has 0 saturated carbocycles. The Kier molecular flexibility index (Phi) is 3.52. The van der Waals surface area contributed by atoms with Crippen molar-refractivity contribution in [1.82, 2.24) is 0 Å². The number of carbonyl (C=O) groups is 1. The summed E-state index contributed by atoms with van der Waals surface area (Å²) in [5, 5.41) is 9.32. The van der Waals surface area contributed by atoms with Crippen LogP contribution in [0.25, 0.3) is 0 Å². The first kappa shape index (κ1) is 12.4. The van der Waals surface area contributed by atoms with Crippen LogP contribution in [0.1, 0.15) is 23.5 Å². The van der Waals surface area contributed by atoms with Gasteiger partial charge in [0.2, 0.25) is 0 Å². The molecule has 94 valence electrons. The van der Waals surface area contributed by atoms with Crippen LogP contribution in [0.3, 0.4) is 0 Å². The Morgan fingerprint density at radius 2 is 2.22 bits per heavy atom. The van der Waals surface area contributed by atoms with Gasteiger partial charge in [-0.05, 0) is 36.1 Å². The average molecular weight is 245 g/mol. The second-order valence-electron chi connectivity index (χ2n) is 4.34. The van der Waals surface area contributed by atoms with Crippen molar-refractivity contribution in [3.05, 3.63) is 29.3 Å². The van der Waals surface area contributed by atoms with Crippen LogP contribution in [-0.2, 0) is 16.0 Å². The zero-order valence-corrected chi connectivity index (χ0v) is 10.5. The van der Waals surface area contributed by atoms with E-state index in [0.29, 0.717) is 12.2 Å². The molecule has 1 aliphatic rings. The zero-order valence-electron chi connectivity index (χ0n) is 10.5. The van der Waals surface area contributed by atoms with Crippen molar-refractivity contribution in [2.45, 2.75) is 18.8 Å². The predicted molar refractivity (Wildman–Crippen MR) is 65.2 cm³/mol. The average Bonchev–Trinajstić information content (AvgIpc) is 2.44. The molecule has 4 nitrogen and oxygen atoms in total. The van der Waals surface area contributed by atoms with Crippen molar-refractivity contribution >= 4 is 5.97 Å². The van der Waals surface area contributed by atoms with Crippen molar-refractivity contribution in [1.29, 1.82) is 5.26 Å². The molecule has 0 aliphatic heterocycles. The van der Waals surface area contributed by atoms with Gasteiger partial charge in [-0.3, -0.25) is 4.79 Å². The topological polar surface area (TPSA) is 59.3 Å². The summed E-state index contributed by atoms with van der Waals surface area (Å²) in [6.45, 7) is 0. The SMILES string of the molecule is COC(=O)C1CCc2ccc(OC)cc2C1C#N. The van der Waals surface area contributed by atoms with Gasteiger partial charge in [0.25, 0.3) is 0 Å². The molecule has 4 heteroatoms. The Morgan fingerprint density at radius 1 is 1.44 bits per heavy atom. The molecule has 2 rings (SSSR count). The summed E-state index contributed by atoms with van der Waals surface area (Å²) < 4.78 is 9.94. The van der Waals surface area contributed by atoms with Gasteiger partial charge in [0, 0.05) is 0 Å². The lowest BCUT2D eigenvalue weighted by Gasteiger charge is -2.27. The summed E-state index contributed by atoms with van der Waals surface area (Å²) in [5.74, 6) is -0.426. The van der Waals surface area contributed by atoms with Crippen LogP contribution < -0.4 is 4.74 Å². The van der Waals surface area contributed by atoms with Gasteiger partial charge in [-0.25, -0.2) is 0 Å². The largest absolute Gasteiger partial charge is 0.497 e. The molecule has 0 radical (unpaired) electrons. The molecule has 0 N–H and O–H groups in total. The highest BCUT2D eigenvalue weighted by molar-refractivity contribution is 5.75. The number of nitriles is 1. The fraction of sp³-hybridized carbons (Fsp3) is 0.429.